The van der Waals surface area contributed by atoms with Gasteiger partial charge in [-0.25, -0.2) is 0 Å². The Bertz CT molecular complexity index is 434. The van der Waals surface area contributed by atoms with Crippen molar-refractivity contribution in [3.05, 3.63) is 27.2 Å². The van der Waals surface area contributed by atoms with E-state index in [0.717, 1.165) is 46.7 Å². The summed E-state index contributed by atoms with van der Waals surface area (Å²) in [5, 5.41) is 10.2. The zero-order valence-electron chi connectivity index (χ0n) is 8.83. The monoisotopic (exact) mass is 300 g/mol. The first kappa shape index (κ1) is 10.9. The van der Waals surface area contributed by atoms with E-state index in [9.17, 15) is 5.11 Å². The summed E-state index contributed by atoms with van der Waals surface area (Å²) in [7, 11) is 0. The van der Waals surface area contributed by atoms with E-state index < -0.39 is 0 Å². The molecule has 4 heteroatoms. The van der Waals surface area contributed by atoms with Crippen molar-refractivity contribution in [2.75, 3.05) is 12.4 Å². The average molecular weight is 301 g/mol. The van der Waals surface area contributed by atoms with E-state index >= 15 is 0 Å². The molecule has 2 aliphatic rings. The molecule has 0 amide bonds. The van der Waals surface area contributed by atoms with Crippen molar-refractivity contribution in [1.82, 2.24) is 0 Å². The maximum atomic E-state index is 10.2. The Labute approximate surface area is 108 Å². The fraction of sp³-hybridized carbons (Fsp3) is 0.500. The molecule has 86 valence electrons. The highest BCUT2D eigenvalue weighted by molar-refractivity contribution is 9.10. The number of benzene rings is 1. The number of ether oxygens (including phenoxy) is 1. The van der Waals surface area contributed by atoms with Crippen LogP contribution in [-0.2, 0) is 12.2 Å². The maximum Gasteiger partial charge on any atom is 0.127 e. The van der Waals surface area contributed by atoms with Crippen molar-refractivity contribution < 1.29 is 9.84 Å². The van der Waals surface area contributed by atoms with E-state index in [4.69, 9.17) is 4.74 Å². The lowest BCUT2D eigenvalue weighted by atomic mass is 9.98. The van der Waals surface area contributed by atoms with E-state index in [1.54, 1.807) is 0 Å². The van der Waals surface area contributed by atoms with Crippen LogP contribution < -0.4 is 4.74 Å². The van der Waals surface area contributed by atoms with Crippen LogP contribution in [0.4, 0.5) is 0 Å². The van der Waals surface area contributed by atoms with Crippen LogP contribution in [0.1, 0.15) is 29.2 Å². The molecule has 1 aromatic carbocycles. The van der Waals surface area contributed by atoms with Gasteiger partial charge in [0.1, 0.15) is 5.75 Å². The summed E-state index contributed by atoms with van der Waals surface area (Å²) in [6, 6.07) is 2.11. The highest BCUT2D eigenvalue weighted by atomic mass is 79.9. The van der Waals surface area contributed by atoms with Crippen LogP contribution in [0.15, 0.2) is 10.5 Å². The fourth-order valence-electron chi connectivity index (χ4n) is 2.40. The second-order valence-electron chi connectivity index (χ2n) is 4.19. The molecule has 0 saturated carbocycles. The van der Waals surface area contributed by atoms with Gasteiger partial charge in [-0.3, -0.25) is 0 Å². The minimum atomic E-state index is -0.353. The summed E-state index contributed by atoms with van der Waals surface area (Å²) < 4.78 is 6.75. The normalized spacial score (nSPS) is 23.2. The van der Waals surface area contributed by atoms with Crippen LogP contribution in [0.2, 0.25) is 0 Å². The van der Waals surface area contributed by atoms with Crippen LogP contribution in [0.5, 0.6) is 5.75 Å². The first-order valence-electron chi connectivity index (χ1n) is 5.50. The van der Waals surface area contributed by atoms with Gasteiger partial charge in [-0.2, -0.15) is 11.8 Å². The third-order valence-corrected chi connectivity index (χ3v) is 4.86. The smallest absolute Gasteiger partial charge is 0.127 e. The third kappa shape index (κ3) is 1.67. The predicted molar refractivity (Wildman–Crippen MR) is 69.1 cm³/mol. The summed E-state index contributed by atoms with van der Waals surface area (Å²) >= 11 is 5.46. The zero-order chi connectivity index (χ0) is 11.1. The van der Waals surface area contributed by atoms with Gasteiger partial charge in [-0.1, -0.05) is 15.9 Å². The summed E-state index contributed by atoms with van der Waals surface area (Å²) in [4.78, 5) is 0. The van der Waals surface area contributed by atoms with E-state index in [-0.39, 0.29) is 6.10 Å². The number of rotatable bonds is 0. The molecule has 0 aliphatic carbocycles. The minimum absolute atomic E-state index is 0.353. The molecule has 0 unspecified atom stereocenters. The number of aliphatic hydroxyl groups is 1. The van der Waals surface area contributed by atoms with Crippen molar-refractivity contribution in [3.8, 4) is 5.75 Å². The minimum Gasteiger partial charge on any atom is -0.493 e. The van der Waals surface area contributed by atoms with Crippen molar-refractivity contribution in [2.45, 2.75) is 24.7 Å². The largest absolute Gasteiger partial charge is 0.493 e. The third-order valence-electron chi connectivity index (χ3n) is 3.18. The van der Waals surface area contributed by atoms with E-state index in [0.29, 0.717) is 0 Å². The van der Waals surface area contributed by atoms with Gasteiger partial charge in [-0.05, 0) is 23.8 Å². The Kier molecular flexibility index (Phi) is 2.90. The molecule has 2 aliphatic heterocycles. The zero-order valence-corrected chi connectivity index (χ0v) is 11.2. The summed E-state index contributed by atoms with van der Waals surface area (Å²) in [5.41, 5.74) is 3.53. The second kappa shape index (κ2) is 4.24. The average Bonchev–Trinajstić information content (AvgIpc) is 2.62. The summed E-state index contributed by atoms with van der Waals surface area (Å²) in [6.07, 6.45) is 1.46. The van der Waals surface area contributed by atoms with Crippen LogP contribution >= 0.6 is 27.7 Å². The SMILES string of the molecule is O[C@@H]1CCSCc2c3c(cc(Br)c21)CCO3. The quantitative estimate of drug-likeness (QED) is 0.798. The van der Waals surface area contributed by atoms with Crippen molar-refractivity contribution in [1.29, 1.82) is 0 Å². The molecule has 0 saturated heterocycles. The molecule has 1 aromatic rings. The highest BCUT2D eigenvalue weighted by Crippen LogP contribution is 2.43. The van der Waals surface area contributed by atoms with E-state index in [2.05, 4.69) is 22.0 Å². The van der Waals surface area contributed by atoms with Crippen LogP contribution in [0, 0.1) is 0 Å². The number of halogens is 1. The van der Waals surface area contributed by atoms with Gasteiger partial charge in [-0.15, -0.1) is 0 Å². The standard InChI is InChI=1S/C12H13BrO2S/c13-9-5-7-1-3-15-12(7)8-6-16-4-2-10(14)11(8)9/h5,10,14H,1-4,6H2/t10-/m1/s1. The van der Waals surface area contributed by atoms with Crippen LogP contribution in [0.3, 0.4) is 0 Å². The van der Waals surface area contributed by atoms with Gasteiger partial charge in [0, 0.05) is 27.8 Å². The lowest BCUT2D eigenvalue weighted by Gasteiger charge is -2.16. The lowest BCUT2D eigenvalue weighted by Crippen LogP contribution is -2.02. The van der Waals surface area contributed by atoms with Gasteiger partial charge >= 0.3 is 0 Å². The molecular formula is C12H13BrO2S. The van der Waals surface area contributed by atoms with Gasteiger partial charge in [0.15, 0.2) is 0 Å². The van der Waals surface area contributed by atoms with Crippen LogP contribution in [-0.4, -0.2) is 17.5 Å². The van der Waals surface area contributed by atoms with Crippen molar-refractivity contribution >= 4 is 27.7 Å². The van der Waals surface area contributed by atoms with Crippen LogP contribution in [0.25, 0.3) is 0 Å². The van der Waals surface area contributed by atoms with Gasteiger partial charge in [0.05, 0.1) is 12.7 Å². The molecule has 16 heavy (non-hydrogen) atoms. The Hall–Kier alpha value is -0.190. The Morgan fingerprint density at radius 2 is 2.38 bits per heavy atom. The Morgan fingerprint density at radius 1 is 1.50 bits per heavy atom. The van der Waals surface area contributed by atoms with E-state index in [1.165, 1.54) is 11.1 Å². The van der Waals surface area contributed by atoms with Crippen molar-refractivity contribution in [2.24, 2.45) is 0 Å². The van der Waals surface area contributed by atoms with Gasteiger partial charge in [0.25, 0.3) is 0 Å². The topological polar surface area (TPSA) is 29.5 Å². The molecule has 0 spiro atoms. The molecular weight excluding hydrogens is 288 g/mol. The van der Waals surface area contributed by atoms with Gasteiger partial charge in [0.2, 0.25) is 0 Å². The highest BCUT2D eigenvalue weighted by Gasteiger charge is 2.27. The molecule has 1 N–H and O–H groups in total. The first-order chi connectivity index (χ1) is 7.77. The lowest BCUT2D eigenvalue weighted by molar-refractivity contribution is 0.173. The fourth-order valence-corrected chi connectivity index (χ4v) is 4.21. The molecule has 1 atom stereocenters. The molecule has 2 heterocycles. The number of hydrogen-bond acceptors (Lipinski definition) is 3. The molecule has 0 aromatic heterocycles. The number of thioether (sulfide) groups is 1. The van der Waals surface area contributed by atoms with E-state index in [1.807, 2.05) is 11.8 Å². The summed E-state index contributed by atoms with van der Waals surface area (Å²) in [5.74, 6) is 3.00. The molecule has 0 radical (unpaired) electrons. The number of aliphatic hydroxyl groups excluding tert-OH is 1. The predicted octanol–water partition coefficient (Wildman–Crippen LogP) is 3.05. The maximum absolute atomic E-state index is 10.2. The molecule has 3 rings (SSSR count). The number of fused-ring (bicyclic) bond motifs is 3. The van der Waals surface area contributed by atoms with Gasteiger partial charge < -0.3 is 9.84 Å². The number of hydrogen-bond donors (Lipinski definition) is 1. The molecule has 0 fully saturated rings. The molecule has 0 bridgehead atoms. The second-order valence-corrected chi connectivity index (χ2v) is 6.15. The molecule has 2 nitrogen and oxygen atoms in total. The Morgan fingerprint density at radius 3 is 3.25 bits per heavy atom. The van der Waals surface area contributed by atoms with Crippen molar-refractivity contribution in [3.63, 3.8) is 0 Å². The Balaban J connectivity index is 2.21. The first-order valence-corrected chi connectivity index (χ1v) is 7.45. The summed E-state index contributed by atoms with van der Waals surface area (Å²) in [6.45, 7) is 0.777.